The number of benzene rings is 1. The van der Waals surface area contributed by atoms with Crippen molar-refractivity contribution in [2.75, 3.05) is 0 Å². The number of hydroxylamine groups is 1. The average molecular weight is 231 g/mol. The molecule has 1 rings (SSSR count). The Morgan fingerprint density at radius 2 is 2.00 bits per heavy atom. The lowest BCUT2D eigenvalue weighted by Gasteiger charge is -2.17. The Labute approximate surface area is 104 Å². The van der Waals surface area contributed by atoms with Gasteiger partial charge in [-0.1, -0.05) is 56.5 Å². The van der Waals surface area contributed by atoms with Crippen LogP contribution in [0.15, 0.2) is 30.3 Å². The van der Waals surface area contributed by atoms with Crippen LogP contribution in [-0.4, -0.2) is 11.2 Å². The zero-order valence-electron chi connectivity index (χ0n) is 10.6. The molecule has 0 aromatic heterocycles. The second-order valence-electron chi connectivity index (χ2n) is 4.23. The first kappa shape index (κ1) is 13.8. The van der Waals surface area contributed by atoms with Gasteiger partial charge in [-0.15, -0.1) is 5.92 Å². The van der Waals surface area contributed by atoms with E-state index < -0.39 is 0 Å². The highest BCUT2D eigenvalue weighted by Crippen LogP contribution is 2.18. The Hall–Kier alpha value is -1.30. The van der Waals surface area contributed by atoms with E-state index in [1.807, 2.05) is 18.2 Å². The zero-order chi connectivity index (χ0) is 12.5. The number of rotatable bonds is 5. The highest BCUT2D eigenvalue weighted by atomic mass is 16.5. The highest BCUT2D eigenvalue weighted by Gasteiger charge is 2.15. The molecule has 17 heavy (non-hydrogen) atoms. The van der Waals surface area contributed by atoms with E-state index in [4.69, 9.17) is 5.21 Å². The summed E-state index contributed by atoms with van der Waals surface area (Å²) in [6.45, 7) is 4.22. The lowest BCUT2D eigenvalue weighted by atomic mass is 9.94. The number of hydrogen-bond donors (Lipinski definition) is 2. The fraction of sp³-hybridized carbons (Fsp3) is 0.467. The minimum Gasteiger partial charge on any atom is -0.316 e. The smallest absolute Gasteiger partial charge is 0.0991 e. The number of nitrogens with one attached hydrogen (secondary N) is 1. The van der Waals surface area contributed by atoms with E-state index >= 15 is 0 Å². The molecule has 0 bridgehead atoms. The van der Waals surface area contributed by atoms with Crippen LogP contribution in [0.5, 0.6) is 0 Å². The summed E-state index contributed by atoms with van der Waals surface area (Å²) in [5.41, 5.74) is 3.49. The van der Waals surface area contributed by atoms with Crippen molar-refractivity contribution >= 4 is 0 Å². The van der Waals surface area contributed by atoms with E-state index in [0.717, 1.165) is 19.3 Å². The zero-order valence-corrected chi connectivity index (χ0v) is 10.6. The molecular weight excluding hydrogens is 210 g/mol. The van der Waals surface area contributed by atoms with Gasteiger partial charge < -0.3 is 5.21 Å². The van der Waals surface area contributed by atoms with Gasteiger partial charge in [0.2, 0.25) is 0 Å². The van der Waals surface area contributed by atoms with E-state index in [2.05, 4.69) is 43.3 Å². The molecule has 2 heteroatoms. The maximum Gasteiger partial charge on any atom is 0.0991 e. The average Bonchev–Trinajstić information content (AvgIpc) is 2.39. The predicted molar refractivity (Wildman–Crippen MR) is 70.9 cm³/mol. The molecule has 1 aromatic rings. The minimum atomic E-state index is -0.200. The van der Waals surface area contributed by atoms with E-state index in [9.17, 15) is 0 Å². The van der Waals surface area contributed by atoms with Gasteiger partial charge in [-0.25, -0.2) is 0 Å². The summed E-state index contributed by atoms with van der Waals surface area (Å²) >= 11 is 0. The van der Waals surface area contributed by atoms with Gasteiger partial charge in [-0.3, -0.25) is 0 Å². The van der Waals surface area contributed by atoms with Crippen LogP contribution in [0.2, 0.25) is 0 Å². The number of hydrogen-bond acceptors (Lipinski definition) is 2. The molecule has 2 unspecified atom stereocenters. The van der Waals surface area contributed by atoms with Crippen LogP contribution in [0.4, 0.5) is 0 Å². The van der Waals surface area contributed by atoms with Gasteiger partial charge in [0, 0.05) is 12.3 Å². The molecule has 2 N–H and O–H groups in total. The third kappa shape index (κ3) is 4.60. The number of unbranched alkanes of at least 4 members (excludes halogenated alkanes) is 2. The molecule has 2 nitrogen and oxygen atoms in total. The van der Waals surface area contributed by atoms with Crippen LogP contribution in [0.3, 0.4) is 0 Å². The molecule has 0 radical (unpaired) electrons. The van der Waals surface area contributed by atoms with Crippen LogP contribution in [0, 0.1) is 11.8 Å². The van der Waals surface area contributed by atoms with Crippen molar-refractivity contribution in [3.05, 3.63) is 35.9 Å². The minimum absolute atomic E-state index is 0.176. The standard InChI is InChI=1S/C15H21NO/c1-3-4-5-9-12-15(16-17)13(2)14-10-7-6-8-11-14/h6-8,10-11,13,15-17H,3-5H2,1-2H3. The van der Waals surface area contributed by atoms with Gasteiger partial charge in [0.1, 0.15) is 0 Å². The summed E-state index contributed by atoms with van der Waals surface area (Å²) in [5.74, 6) is 6.38. The Kier molecular flexibility index (Phi) is 6.39. The van der Waals surface area contributed by atoms with Crippen LogP contribution in [0.25, 0.3) is 0 Å². The molecular formula is C15H21NO. The molecule has 0 heterocycles. The van der Waals surface area contributed by atoms with Gasteiger partial charge in [0.15, 0.2) is 0 Å². The molecule has 0 aliphatic heterocycles. The first-order chi connectivity index (χ1) is 8.29. The van der Waals surface area contributed by atoms with E-state index in [1.54, 1.807) is 0 Å². The maximum atomic E-state index is 9.16. The second-order valence-corrected chi connectivity index (χ2v) is 4.23. The van der Waals surface area contributed by atoms with Crippen molar-refractivity contribution < 1.29 is 5.21 Å². The summed E-state index contributed by atoms with van der Waals surface area (Å²) in [6.07, 6.45) is 3.17. The Balaban J connectivity index is 2.63. The second kappa shape index (κ2) is 7.89. The lowest BCUT2D eigenvalue weighted by molar-refractivity contribution is 0.138. The fourth-order valence-corrected chi connectivity index (χ4v) is 1.67. The molecule has 0 amide bonds. The Morgan fingerprint density at radius 1 is 1.29 bits per heavy atom. The molecule has 0 saturated heterocycles. The van der Waals surface area contributed by atoms with Gasteiger partial charge in [0.05, 0.1) is 6.04 Å². The topological polar surface area (TPSA) is 32.3 Å². The first-order valence-corrected chi connectivity index (χ1v) is 6.22. The van der Waals surface area contributed by atoms with Crippen molar-refractivity contribution in [3.8, 4) is 11.8 Å². The van der Waals surface area contributed by atoms with E-state index in [0.29, 0.717) is 0 Å². The molecule has 92 valence electrons. The summed E-state index contributed by atoms with van der Waals surface area (Å²) in [7, 11) is 0. The van der Waals surface area contributed by atoms with E-state index in [1.165, 1.54) is 5.56 Å². The fourth-order valence-electron chi connectivity index (χ4n) is 1.67. The van der Waals surface area contributed by atoms with Crippen molar-refractivity contribution in [2.45, 2.75) is 45.1 Å². The van der Waals surface area contributed by atoms with Gasteiger partial charge in [-0.05, 0) is 12.0 Å². The third-order valence-electron chi connectivity index (χ3n) is 2.88. The summed E-state index contributed by atoms with van der Waals surface area (Å²) < 4.78 is 0. The molecule has 0 aliphatic carbocycles. The van der Waals surface area contributed by atoms with Crippen LogP contribution >= 0.6 is 0 Å². The quantitative estimate of drug-likeness (QED) is 0.463. The van der Waals surface area contributed by atoms with Gasteiger partial charge in [0.25, 0.3) is 0 Å². The molecule has 0 aliphatic rings. The Morgan fingerprint density at radius 3 is 2.59 bits per heavy atom. The maximum absolute atomic E-state index is 9.16. The van der Waals surface area contributed by atoms with Crippen LogP contribution < -0.4 is 5.48 Å². The van der Waals surface area contributed by atoms with Crippen LogP contribution in [-0.2, 0) is 0 Å². The van der Waals surface area contributed by atoms with Crippen LogP contribution in [0.1, 0.15) is 44.6 Å². The van der Waals surface area contributed by atoms with Crippen molar-refractivity contribution in [1.29, 1.82) is 0 Å². The van der Waals surface area contributed by atoms with Crippen molar-refractivity contribution in [3.63, 3.8) is 0 Å². The highest BCUT2D eigenvalue weighted by molar-refractivity contribution is 5.24. The van der Waals surface area contributed by atoms with Crippen molar-refractivity contribution in [2.24, 2.45) is 0 Å². The largest absolute Gasteiger partial charge is 0.316 e. The molecule has 2 atom stereocenters. The summed E-state index contributed by atoms with van der Waals surface area (Å²) in [4.78, 5) is 0. The van der Waals surface area contributed by atoms with Gasteiger partial charge in [-0.2, -0.15) is 5.48 Å². The summed E-state index contributed by atoms with van der Waals surface area (Å²) in [6, 6.07) is 9.92. The molecule has 0 saturated carbocycles. The molecule has 1 aromatic carbocycles. The van der Waals surface area contributed by atoms with E-state index in [-0.39, 0.29) is 12.0 Å². The SMILES string of the molecule is CCCCC#CC(NO)C(C)c1ccccc1. The summed E-state index contributed by atoms with van der Waals surface area (Å²) in [5, 5.41) is 9.16. The molecule has 0 spiro atoms. The third-order valence-corrected chi connectivity index (χ3v) is 2.88. The Bertz CT molecular complexity index is 364. The lowest BCUT2D eigenvalue weighted by Crippen LogP contribution is -2.29. The van der Waals surface area contributed by atoms with Crippen molar-refractivity contribution in [1.82, 2.24) is 5.48 Å². The molecule has 0 fully saturated rings. The first-order valence-electron chi connectivity index (χ1n) is 6.22. The predicted octanol–water partition coefficient (Wildman–Crippen LogP) is 3.33. The normalized spacial score (nSPS) is 13.6. The monoisotopic (exact) mass is 231 g/mol. The van der Waals surface area contributed by atoms with Gasteiger partial charge >= 0.3 is 0 Å².